The lowest BCUT2D eigenvalue weighted by molar-refractivity contribution is 0.582. The molecule has 1 aliphatic rings. The molecule has 0 fully saturated rings. The molecule has 76 valence electrons. The predicted octanol–water partition coefficient (Wildman–Crippen LogP) is 1.43. The van der Waals surface area contributed by atoms with E-state index in [1.807, 2.05) is 0 Å². The Morgan fingerprint density at radius 2 is 2.31 bits per heavy atom. The van der Waals surface area contributed by atoms with E-state index in [0.29, 0.717) is 6.54 Å². The molecule has 0 atom stereocenters. The molecule has 0 heterocycles. The van der Waals surface area contributed by atoms with Crippen LogP contribution in [0.4, 0.5) is 0 Å². The Hall–Kier alpha value is -0.350. The summed E-state index contributed by atoms with van der Waals surface area (Å²) in [4.78, 5) is 0. The van der Waals surface area contributed by atoms with Crippen molar-refractivity contribution in [2.45, 2.75) is 32.6 Å². The maximum absolute atomic E-state index is 11.0. The van der Waals surface area contributed by atoms with Crippen LogP contribution in [-0.2, 0) is 10.0 Å². The van der Waals surface area contributed by atoms with Crippen molar-refractivity contribution in [1.82, 2.24) is 4.72 Å². The quantitative estimate of drug-likeness (QED) is 0.687. The summed E-state index contributed by atoms with van der Waals surface area (Å²) in [5, 5.41) is 0. The van der Waals surface area contributed by atoms with Crippen LogP contribution in [0.2, 0.25) is 0 Å². The summed E-state index contributed by atoms with van der Waals surface area (Å²) in [5.41, 5.74) is 1.40. The maximum Gasteiger partial charge on any atom is 0.211 e. The number of allylic oxidation sites excluding steroid dienone is 1. The molecule has 3 nitrogen and oxygen atoms in total. The van der Waals surface area contributed by atoms with Crippen molar-refractivity contribution in [3.05, 3.63) is 11.6 Å². The van der Waals surface area contributed by atoms with Gasteiger partial charge in [0.1, 0.15) is 0 Å². The van der Waals surface area contributed by atoms with Crippen molar-refractivity contribution in [2.75, 3.05) is 12.3 Å². The van der Waals surface area contributed by atoms with Crippen LogP contribution in [0.3, 0.4) is 0 Å². The Bertz CT molecular complexity index is 280. The molecule has 0 aliphatic heterocycles. The van der Waals surface area contributed by atoms with Gasteiger partial charge < -0.3 is 0 Å². The normalized spacial score (nSPS) is 17.5. The van der Waals surface area contributed by atoms with E-state index in [-0.39, 0.29) is 5.75 Å². The first-order valence-electron chi connectivity index (χ1n) is 4.79. The van der Waals surface area contributed by atoms with Gasteiger partial charge in [0.25, 0.3) is 0 Å². The third kappa shape index (κ3) is 3.91. The fourth-order valence-electron chi connectivity index (χ4n) is 1.43. The minimum absolute atomic E-state index is 0.173. The van der Waals surface area contributed by atoms with Gasteiger partial charge in [-0.25, -0.2) is 13.1 Å². The van der Waals surface area contributed by atoms with Crippen LogP contribution in [-0.4, -0.2) is 20.7 Å². The third-order valence-electron chi connectivity index (χ3n) is 2.28. The molecular weight excluding hydrogens is 186 g/mol. The first kappa shape index (κ1) is 10.7. The molecule has 0 radical (unpaired) electrons. The van der Waals surface area contributed by atoms with E-state index < -0.39 is 10.0 Å². The summed E-state index contributed by atoms with van der Waals surface area (Å²) in [6, 6.07) is 0. The fraction of sp³-hybridized carbons (Fsp3) is 0.778. The zero-order valence-corrected chi connectivity index (χ0v) is 8.86. The first-order valence-corrected chi connectivity index (χ1v) is 6.44. The molecular formula is C9H17NO2S. The van der Waals surface area contributed by atoms with Crippen molar-refractivity contribution in [1.29, 1.82) is 0 Å². The van der Waals surface area contributed by atoms with E-state index in [0.717, 1.165) is 19.3 Å². The lowest BCUT2D eigenvalue weighted by atomic mass is 10.2. The number of hydrogen-bond acceptors (Lipinski definition) is 2. The summed E-state index contributed by atoms with van der Waals surface area (Å²) in [6.07, 6.45) is 6.64. The van der Waals surface area contributed by atoms with Crippen LogP contribution in [0.15, 0.2) is 11.6 Å². The molecule has 1 N–H and O–H groups in total. The predicted molar refractivity (Wildman–Crippen MR) is 54.0 cm³/mol. The molecule has 13 heavy (non-hydrogen) atoms. The molecule has 0 unspecified atom stereocenters. The fourth-order valence-corrected chi connectivity index (χ4v) is 2.05. The average molecular weight is 203 g/mol. The number of hydrogen-bond donors (Lipinski definition) is 1. The van der Waals surface area contributed by atoms with Gasteiger partial charge >= 0.3 is 0 Å². The van der Waals surface area contributed by atoms with E-state index >= 15 is 0 Å². The zero-order chi connectivity index (χ0) is 9.73. The van der Waals surface area contributed by atoms with E-state index in [1.165, 1.54) is 12.0 Å². The Morgan fingerprint density at radius 3 is 2.85 bits per heavy atom. The molecule has 0 aromatic carbocycles. The van der Waals surface area contributed by atoms with Gasteiger partial charge in [0.05, 0.1) is 5.75 Å². The number of nitrogens with one attached hydrogen (secondary N) is 1. The summed E-state index contributed by atoms with van der Waals surface area (Å²) in [7, 11) is -2.99. The number of sulfonamides is 1. The Labute approximate surface area is 80.3 Å². The highest BCUT2D eigenvalue weighted by molar-refractivity contribution is 7.89. The van der Waals surface area contributed by atoms with E-state index in [9.17, 15) is 8.42 Å². The minimum atomic E-state index is -2.99. The van der Waals surface area contributed by atoms with Gasteiger partial charge in [0.2, 0.25) is 10.0 Å². The van der Waals surface area contributed by atoms with Gasteiger partial charge in [-0.05, 0) is 32.6 Å². The van der Waals surface area contributed by atoms with Crippen LogP contribution in [0.1, 0.15) is 32.6 Å². The second kappa shape index (κ2) is 4.77. The SMILES string of the molecule is CCS(=O)(=O)NCCC1=CCCC1. The van der Waals surface area contributed by atoms with Gasteiger partial charge in [-0.2, -0.15) is 0 Å². The molecule has 1 rings (SSSR count). The van der Waals surface area contributed by atoms with Crippen LogP contribution in [0.5, 0.6) is 0 Å². The van der Waals surface area contributed by atoms with Crippen molar-refractivity contribution < 1.29 is 8.42 Å². The van der Waals surface area contributed by atoms with Crippen LogP contribution >= 0.6 is 0 Å². The molecule has 0 bridgehead atoms. The Kier molecular flexibility index (Phi) is 3.93. The second-order valence-corrected chi connectivity index (χ2v) is 5.40. The molecule has 0 aromatic rings. The molecule has 1 aliphatic carbocycles. The third-order valence-corrected chi connectivity index (χ3v) is 3.69. The van der Waals surface area contributed by atoms with Crippen molar-refractivity contribution in [3.63, 3.8) is 0 Å². The minimum Gasteiger partial charge on any atom is -0.215 e. The molecule has 0 spiro atoms. The van der Waals surface area contributed by atoms with Crippen molar-refractivity contribution in [3.8, 4) is 0 Å². The summed E-state index contributed by atoms with van der Waals surface area (Å²) in [6.45, 7) is 2.21. The standard InChI is InChI=1S/C9H17NO2S/c1-2-13(11,12)10-8-7-9-5-3-4-6-9/h5,10H,2-4,6-8H2,1H3. The molecule has 4 heteroatoms. The van der Waals surface area contributed by atoms with Gasteiger partial charge in [0.15, 0.2) is 0 Å². The van der Waals surface area contributed by atoms with E-state index in [4.69, 9.17) is 0 Å². The lowest BCUT2D eigenvalue weighted by Gasteiger charge is -2.04. The maximum atomic E-state index is 11.0. The van der Waals surface area contributed by atoms with Crippen LogP contribution < -0.4 is 4.72 Å². The van der Waals surface area contributed by atoms with Crippen molar-refractivity contribution >= 4 is 10.0 Å². The van der Waals surface area contributed by atoms with Crippen LogP contribution in [0.25, 0.3) is 0 Å². The first-order chi connectivity index (χ1) is 6.14. The average Bonchev–Trinajstić information content (AvgIpc) is 2.57. The zero-order valence-electron chi connectivity index (χ0n) is 8.04. The highest BCUT2D eigenvalue weighted by Gasteiger charge is 2.07. The summed E-state index contributed by atoms with van der Waals surface area (Å²) >= 11 is 0. The highest BCUT2D eigenvalue weighted by Crippen LogP contribution is 2.19. The number of rotatable bonds is 5. The second-order valence-electron chi connectivity index (χ2n) is 3.30. The largest absolute Gasteiger partial charge is 0.215 e. The molecule has 0 aromatic heterocycles. The van der Waals surface area contributed by atoms with E-state index in [1.54, 1.807) is 6.92 Å². The summed E-state index contributed by atoms with van der Waals surface area (Å²) in [5.74, 6) is 0.173. The monoisotopic (exact) mass is 203 g/mol. The van der Waals surface area contributed by atoms with E-state index in [2.05, 4.69) is 10.8 Å². The lowest BCUT2D eigenvalue weighted by Crippen LogP contribution is -2.26. The smallest absolute Gasteiger partial charge is 0.211 e. The molecule has 0 saturated carbocycles. The van der Waals surface area contributed by atoms with Gasteiger partial charge in [-0.1, -0.05) is 11.6 Å². The van der Waals surface area contributed by atoms with Gasteiger partial charge in [-0.15, -0.1) is 0 Å². The highest BCUT2D eigenvalue weighted by atomic mass is 32.2. The molecule has 0 amide bonds. The van der Waals surface area contributed by atoms with Crippen molar-refractivity contribution in [2.24, 2.45) is 0 Å². The van der Waals surface area contributed by atoms with Gasteiger partial charge in [0, 0.05) is 6.54 Å². The molecule has 0 saturated heterocycles. The topological polar surface area (TPSA) is 46.2 Å². The van der Waals surface area contributed by atoms with Crippen LogP contribution in [0, 0.1) is 0 Å². The Morgan fingerprint density at radius 1 is 1.54 bits per heavy atom. The summed E-state index contributed by atoms with van der Waals surface area (Å²) < 4.78 is 24.7. The van der Waals surface area contributed by atoms with Gasteiger partial charge in [-0.3, -0.25) is 0 Å². The Balaban J connectivity index is 2.21.